The molecule has 0 amide bonds. The normalized spacial score (nSPS) is 18.8. The maximum Gasteiger partial charge on any atom is 0.277 e. The predicted octanol–water partition coefficient (Wildman–Crippen LogP) is 2.51. The number of hydrogen-bond donors (Lipinski definition) is 1. The first-order chi connectivity index (χ1) is 15.5. The molecule has 1 fully saturated rings. The van der Waals surface area contributed by atoms with E-state index in [0.717, 1.165) is 27.9 Å². The van der Waals surface area contributed by atoms with Crippen LogP contribution in [0.4, 0.5) is 0 Å². The van der Waals surface area contributed by atoms with Crippen LogP contribution in [0.25, 0.3) is 16.6 Å². The SMILES string of the molecule is Cc1c(Cc2ccc(-n3cccn3)cc2)cc2c(=O)n([C@H]3CCOC[C@@H]3O)nnc2c1C. The van der Waals surface area contributed by atoms with Gasteiger partial charge in [-0.05, 0) is 73.2 Å². The number of benzene rings is 2. The molecule has 2 atom stereocenters. The Labute approximate surface area is 185 Å². The van der Waals surface area contributed by atoms with Gasteiger partial charge in [-0.15, -0.1) is 5.10 Å². The molecule has 1 aliphatic rings. The van der Waals surface area contributed by atoms with Crippen LogP contribution in [0.3, 0.4) is 0 Å². The summed E-state index contributed by atoms with van der Waals surface area (Å²) < 4.78 is 8.44. The molecule has 3 heterocycles. The molecule has 5 rings (SSSR count). The van der Waals surface area contributed by atoms with Crippen molar-refractivity contribution in [3.63, 3.8) is 0 Å². The Hall–Kier alpha value is -3.36. The molecule has 0 spiro atoms. The number of fused-ring (bicyclic) bond motifs is 1. The van der Waals surface area contributed by atoms with E-state index in [1.807, 2.05) is 42.1 Å². The fourth-order valence-electron chi connectivity index (χ4n) is 4.33. The Bertz CT molecular complexity index is 1310. The summed E-state index contributed by atoms with van der Waals surface area (Å²) in [6, 6.07) is 11.6. The first-order valence-electron chi connectivity index (χ1n) is 10.8. The Balaban J connectivity index is 1.52. The monoisotopic (exact) mass is 431 g/mol. The van der Waals surface area contributed by atoms with Gasteiger partial charge < -0.3 is 9.84 Å². The van der Waals surface area contributed by atoms with E-state index in [1.54, 1.807) is 6.20 Å². The first-order valence-corrected chi connectivity index (χ1v) is 10.8. The highest BCUT2D eigenvalue weighted by Crippen LogP contribution is 2.25. The smallest absolute Gasteiger partial charge is 0.277 e. The summed E-state index contributed by atoms with van der Waals surface area (Å²) in [5, 5.41) is 23.6. The van der Waals surface area contributed by atoms with Gasteiger partial charge in [-0.1, -0.05) is 17.3 Å². The second kappa shape index (κ2) is 8.29. The number of ether oxygens (including phenoxy) is 1. The van der Waals surface area contributed by atoms with Gasteiger partial charge in [0, 0.05) is 19.0 Å². The van der Waals surface area contributed by atoms with Crippen LogP contribution in [0.2, 0.25) is 0 Å². The van der Waals surface area contributed by atoms with E-state index in [0.29, 0.717) is 30.4 Å². The average molecular weight is 431 g/mol. The van der Waals surface area contributed by atoms with Crippen LogP contribution in [-0.4, -0.2) is 49.2 Å². The van der Waals surface area contributed by atoms with E-state index >= 15 is 0 Å². The van der Waals surface area contributed by atoms with Crippen molar-refractivity contribution >= 4 is 10.9 Å². The molecule has 8 nitrogen and oxygen atoms in total. The lowest BCUT2D eigenvalue weighted by Gasteiger charge is -2.28. The lowest BCUT2D eigenvalue weighted by atomic mass is 9.94. The zero-order chi connectivity index (χ0) is 22.2. The molecule has 0 aliphatic carbocycles. The molecule has 0 bridgehead atoms. The van der Waals surface area contributed by atoms with Crippen LogP contribution >= 0.6 is 0 Å². The van der Waals surface area contributed by atoms with Gasteiger partial charge in [0.2, 0.25) is 0 Å². The Kier molecular flexibility index (Phi) is 5.32. The van der Waals surface area contributed by atoms with Crippen molar-refractivity contribution < 1.29 is 9.84 Å². The average Bonchev–Trinajstić information content (AvgIpc) is 3.34. The summed E-state index contributed by atoms with van der Waals surface area (Å²) in [7, 11) is 0. The molecule has 1 saturated heterocycles. The Morgan fingerprint density at radius 3 is 2.72 bits per heavy atom. The van der Waals surface area contributed by atoms with Crippen molar-refractivity contribution in [1.82, 2.24) is 24.8 Å². The molecule has 32 heavy (non-hydrogen) atoms. The third-order valence-electron chi connectivity index (χ3n) is 6.36. The fourth-order valence-corrected chi connectivity index (χ4v) is 4.33. The number of nitrogens with zero attached hydrogens (tertiary/aromatic N) is 5. The molecular formula is C24H25N5O3. The fraction of sp³-hybridized carbons (Fsp3) is 0.333. The second-order valence-electron chi connectivity index (χ2n) is 8.31. The minimum absolute atomic E-state index is 0.198. The minimum atomic E-state index is -0.771. The zero-order valence-electron chi connectivity index (χ0n) is 18.1. The zero-order valence-corrected chi connectivity index (χ0v) is 18.1. The van der Waals surface area contributed by atoms with Crippen molar-refractivity contribution in [1.29, 1.82) is 0 Å². The predicted molar refractivity (Wildman–Crippen MR) is 120 cm³/mol. The maximum atomic E-state index is 13.3. The minimum Gasteiger partial charge on any atom is -0.388 e. The van der Waals surface area contributed by atoms with E-state index in [4.69, 9.17) is 4.74 Å². The van der Waals surface area contributed by atoms with Crippen molar-refractivity contribution in [2.45, 2.75) is 38.8 Å². The highest BCUT2D eigenvalue weighted by Gasteiger charge is 2.28. The van der Waals surface area contributed by atoms with Crippen LogP contribution in [0, 0.1) is 13.8 Å². The van der Waals surface area contributed by atoms with E-state index < -0.39 is 12.1 Å². The quantitative estimate of drug-likeness (QED) is 0.534. The summed E-state index contributed by atoms with van der Waals surface area (Å²) >= 11 is 0. The Morgan fingerprint density at radius 2 is 2.00 bits per heavy atom. The summed E-state index contributed by atoms with van der Waals surface area (Å²) in [5.74, 6) is 0. The van der Waals surface area contributed by atoms with Gasteiger partial charge in [-0.3, -0.25) is 4.79 Å². The number of aliphatic hydroxyl groups is 1. The van der Waals surface area contributed by atoms with Crippen molar-refractivity contribution in [3.8, 4) is 5.69 Å². The van der Waals surface area contributed by atoms with Gasteiger partial charge in [0.15, 0.2) is 0 Å². The molecule has 8 heteroatoms. The topological polar surface area (TPSA) is 95.1 Å². The highest BCUT2D eigenvalue weighted by atomic mass is 16.5. The van der Waals surface area contributed by atoms with Gasteiger partial charge >= 0.3 is 0 Å². The highest BCUT2D eigenvalue weighted by molar-refractivity contribution is 5.82. The summed E-state index contributed by atoms with van der Waals surface area (Å²) in [6.07, 6.45) is 4.12. The van der Waals surface area contributed by atoms with Gasteiger partial charge in [-0.2, -0.15) is 5.10 Å². The van der Waals surface area contributed by atoms with Crippen molar-refractivity contribution in [2.75, 3.05) is 13.2 Å². The number of hydrogen-bond acceptors (Lipinski definition) is 6. The van der Waals surface area contributed by atoms with Crippen LogP contribution in [0.1, 0.15) is 34.7 Å². The molecule has 0 radical (unpaired) electrons. The third kappa shape index (κ3) is 3.61. The lowest BCUT2D eigenvalue weighted by molar-refractivity contribution is -0.0434. The summed E-state index contributed by atoms with van der Waals surface area (Å²) in [4.78, 5) is 13.3. The second-order valence-corrected chi connectivity index (χ2v) is 8.31. The van der Waals surface area contributed by atoms with Gasteiger partial charge in [0.05, 0.1) is 29.8 Å². The number of rotatable bonds is 4. The van der Waals surface area contributed by atoms with Crippen LogP contribution in [0.15, 0.2) is 53.6 Å². The first kappa shape index (κ1) is 20.5. The number of aromatic nitrogens is 5. The van der Waals surface area contributed by atoms with Gasteiger partial charge in [0.1, 0.15) is 5.52 Å². The molecular weight excluding hydrogens is 406 g/mol. The van der Waals surface area contributed by atoms with E-state index in [-0.39, 0.29) is 12.2 Å². The molecule has 0 unspecified atom stereocenters. The molecule has 0 saturated carbocycles. The molecule has 4 aromatic rings. The van der Waals surface area contributed by atoms with Crippen molar-refractivity contribution in [2.24, 2.45) is 0 Å². The summed E-state index contributed by atoms with van der Waals surface area (Å²) in [6.45, 7) is 4.71. The van der Waals surface area contributed by atoms with E-state index in [2.05, 4.69) is 34.5 Å². The summed E-state index contributed by atoms with van der Waals surface area (Å²) in [5.41, 5.74) is 5.66. The standard InChI is InChI=1S/C24H25N5O3/c1-15-16(2)23-20(24(31)29(27-26-23)21-8-11-32-14-22(21)30)13-18(15)12-17-4-6-19(7-5-17)28-10-3-9-25-28/h3-7,9-10,13,21-22,30H,8,11-12,14H2,1-2H3/t21-,22-/m0/s1. The van der Waals surface area contributed by atoms with Crippen molar-refractivity contribution in [3.05, 3.63) is 81.4 Å². The van der Waals surface area contributed by atoms with Gasteiger partial charge in [-0.25, -0.2) is 9.36 Å². The van der Waals surface area contributed by atoms with Crippen LogP contribution < -0.4 is 5.56 Å². The number of aryl methyl sites for hydroxylation is 1. The van der Waals surface area contributed by atoms with Crippen LogP contribution in [-0.2, 0) is 11.2 Å². The molecule has 2 aromatic carbocycles. The molecule has 2 aromatic heterocycles. The van der Waals surface area contributed by atoms with Gasteiger partial charge in [0.25, 0.3) is 5.56 Å². The largest absolute Gasteiger partial charge is 0.388 e. The molecule has 1 N–H and O–H groups in total. The molecule has 164 valence electrons. The molecule has 1 aliphatic heterocycles. The third-order valence-corrected chi connectivity index (χ3v) is 6.36. The van der Waals surface area contributed by atoms with Crippen LogP contribution in [0.5, 0.6) is 0 Å². The van der Waals surface area contributed by atoms with E-state index in [9.17, 15) is 9.90 Å². The Morgan fingerprint density at radius 1 is 1.19 bits per heavy atom. The van der Waals surface area contributed by atoms with E-state index in [1.165, 1.54) is 4.68 Å². The maximum absolute atomic E-state index is 13.3. The number of aliphatic hydroxyl groups excluding tert-OH is 1. The lowest BCUT2D eigenvalue weighted by Crippen LogP contribution is -2.40.